The van der Waals surface area contributed by atoms with Crippen molar-refractivity contribution in [1.82, 2.24) is 35.9 Å². The minimum absolute atomic E-state index is 0.00467. The number of aromatic hydroxyl groups is 1. The lowest BCUT2D eigenvalue weighted by molar-refractivity contribution is -0.142. The van der Waals surface area contributed by atoms with E-state index < -0.39 is 47.9 Å². The van der Waals surface area contributed by atoms with Crippen LogP contribution in [0.3, 0.4) is 0 Å². The number of benzene rings is 1. The smallest absolute Gasteiger partial charge is 0.326 e. The van der Waals surface area contributed by atoms with E-state index in [9.17, 15) is 29.4 Å². The Balaban J connectivity index is 1.75. The van der Waals surface area contributed by atoms with Gasteiger partial charge >= 0.3 is 5.97 Å². The third-order valence-corrected chi connectivity index (χ3v) is 6.52. The number of carbonyl (C=O) groups excluding carboxylic acids is 3. The molecule has 0 spiro atoms. The van der Waals surface area contributed by atoms with E-state index in [4.69, 9.17) is 17.2 Å². The summed E-state index contributed by atoms with van der Waals surface area (Å²) < 4.78 is 0. The number of amides is 3. The van der Waals surface area contributed by atoms with Gasteiger partial charge in [0.15, 0.2) is 5.96 Å². The van der Waals surface area contributed by atoms with Gasteiger partial charge in [-0.1, -0.05) is 12.1 Å². The van der Waals surface area contributed by atoms with Gasteiger partial charge in [0.25, 0.3) is 0 Å². The molecule has 0 saturated carbocycles. The average Bonchev–Trinajstić information content (AvgIpc) is 3.69. The first kappa shape index (κ1) is 33.1. The van der Waals surface area contributed by atoms with Gasteiger partial charge in [-0.3, -0.25) is 19.4 Å². The van der Waals surface area contributed by atoms with Gasteiger partial charge in [-0.15, -0.1) is 0 Å². The standard InChI is InChI=1S/C27H37N11O6/c28-19(2-1-7-33-27(29)30)23(40)36-20(9-16-11-31-13-34-16)24(41)37-21(10-17-12-32-14-35-17)25(42)38-22(26(43)44)8-15-3-5-18(39)6-4-15/h3-6,11-14,19-22,39H,1-2,7-10,28H2,(H,31,34)(H,32,35)(H,36,40)(H,37,41)(H,38,42)(H,43,44)(H4,29,30,33). The number of imidazole rings is 2. The minimum Gasteiger partial charge on any atom is -0.508 e. The molecule has 2 aromatic heterocycles. The summed E-state index contributed by atoms with van der Waals surface area (Å²) in [5, 5.41) is 27.0. The number of guanidine groups is 1. The fourth-order valence-corrected chi connectivity index (χ4v) is 4.19. The molecule has 3 rings (SSSR count). The van der Waals surface area contributed by atoms with Crippen LogP contribution in [0.1, 0.15) is 29.8 Å². The maximum atomic E-state index is 13.6. The van der Waals surface area contributed by atoms with Gasteiger partial charge in [-0.05, 0) is 30.5 Å². The summed E-state index contributed by atoms with van der Waals surface area (Å²) >= 11 is 0. The van der Waals surface area contributed by atoms with E-state index in [1.165, 1.54) is 49.3 Å². The second kappa shape index (κ2) is 16.3. The van der Waals surface area contributed by atoms with Crippen LogP contribution in [0, 0.1) is 0 Å². The van der Waals surface area contributed by atoms with Crippen molar-refractivity contribution in [3.05, 3.63) is 66.3 Å². The van der Waals surface area contributed by atoms with Crippen LogP contribution in [0.2, 0.25) is 0 Å². The third kappa shape index (κ3) is 10.8. The summed E-state index contributed by atoms with van der Waals surface area (Å²) in [6, 6.07) is 1.15. The van der Waals surface area contributed by atoms with E-state index in [2.05, 4.69) is 40.9 Å². The maximum Gasteiger partial charge on any atom is 0.326 e. The first-order chi connectivity index (χ1) is 21.0. The van der Waals surface area contributed by atoms with E-state index >= 15 is 0 Å². The Morgan fingerprint density at radius 1 is 0.818 bits per heavy atom. The zero-order valence-electron chi connectivity index (χ0n) is 23.8. The summed E-state index contributed by atoms with van der Waals surface area (Å²) in [7, 11) is 0. The van der Waals surface area contributed by atoms with Gasteiger partial charge in [-0.25, -0.2) is 14.8 Å². The van der Waals surface area contributed by atoms with Crippen molar-refractivity contribution in [2.24, 2.45) is 22.2 Å². The summed E-state index contributed by atoms with van der Waals surface area (Å²) in [5.74, 6) is -3.47. The number of aromatic amines is 2. The quantitative estimate of drug-likeness (QED) is 0.0443. The maximum absolute atomic E-state index is 13.6. The second-order valence-electron chi connectivity index (χ2n) is 10.0. The van der Waals surface area contributed by atoms with Crippen LogP contribution in [-0.2, 0) is 38.4 Å². The molecule has 13 N–H and O–H groups in total. The number of phenols is 1. The first-order valence-corrected chi connectivity index (χ1v) is 13.7. The number of H-pyrrole nitrogens is 2. The van der Waals surface area contributed by atoms with E-state index in [0.29, 0.717) is 23.4 Å². The number of hydrogen-bond acceptors (Lipinski definition) is 9. The molecule has 3 amide bonds. The van der Waals surface area contributed by atoms with Crippen molar-refractivity contribution in [2.75, 3.05) is 6.54 Å². The molecular formula is C27H37N11O6. The fraction of sp³-hybridized carbons (Fsp3) is 0.370. The third-order valence-electron chi connectivity index (χ3n) is 6.52. The fourth-order valence-electron chi connectivity index (χ4n) is 4.19. The van der Waals surface area contributed by atoms with Crippen LogP contribution < -0.4 is 33.2 Å². The normalized spacial score (nSPS) is 13.6. The van der Waals surface area contributed by atoms with E-state index in [1.54, 1.807) is 0 Å². The predicted octanol–water partition coefficient (Wildman–Crippen LogP) is -2.21. The Morgan fingerprint density at radius 3 is 1.82 bits per heavy atom. The van der Waals surface area contributed by atoms with Crippen molar-refractivity contribution in [1.29, 1.82) is 0 Å². The molecule has 3 aromatic rings. The first-order valence-electron chi connectivity index (χ1n) is 13.7. The predicted molar refractivity (Wildman–Crippen MR) is 158 cm³/mol. The van der Waals surface area contributed by atoms with Gasteiger partial charge in [0.05, 0.1) is 18.7 Å². The Bertz CT molecular complexity index is 1390. The van der Waals surface area contributed by atoms with Gasteiger partial charge in [0.1, 0.15) is 23.9 Å². The summed E-state index contributed by atoms with van der Waals surface area (Å²) in [4.78, 5) is 69.3. The van der Waals surface area contributed by atoms with Crippen molar-refractivity contribution in [3.63, 3.8) is 0 Å². The van der Waals surface area contributed by atoms with Gasteiger partial charge in [-0.2, -0.15) is 0 Å². The van der Waals surface area contributed by atoms with Crippen molar-refractivity contribution in [2.45, 2.75) is 56.3 Å². The molecule has 4 atom stereocenters. The highest BCUT2D eigenvalue weighted by Gasteiger charge is 2.31. The Labute approximate surface area is 252 Å². The molecule has 0 fully saturated rings. The molecule has 2 heterocycles. The topological polar surface area (TPSA) is 293 Å². The van der Waals surface area contributed by atoms with Crippen LogP contribution in [0.4, 0.5) is 0 Å². The van der Waals surface area contributed by atoms with Crippen molar-refractivity contribution < 1.29 is 29.4 Å². The van der Waals surface area contributed by atoms with Crippen LogP contribution in [0.15, 0.2) is 54.3 Å². The molecule has 0 aliphatic carbocycles. The number of aromatic nitrogens is 4. The number of carboxylic acids is 1. The number of nitrogens with two attached hydrogens (primary N) is 3. The molecule has 0 saturated heterocycles. The van der Waals surface area contributed by atoms with Crippen LogP contribution in [-0.4, -0.2) is 90.5 Å². The average molecular weight is 612 g/mol. The SMILES string of the molecule is NC(N)=NCCCC(N)C(=O)NC(Cc1cnc[nH]1)C(=O)NC(Cc1cnc[nH]1)C(=O)NC(Cc1ccc(O)cc1)C(=O)O. The summed E-state index contributed by atoms with van der Waals surface area (Å²) in [6.07, 6.45) is 6.27. The molecule has 0 aliphatic rings. The summed E-state index contributed by atoms with van der Waals surface area (Å²) in [6.45, 7) is 0.274. The highest BCUT2D eigenvalue weighted by Crippen LogP contribution is 2.12. The lowest BCUT2D eigenvalue weighted by Crippen LogP contribution is -2.58. The van der Waals surface area contributed by atoms with Crippen LogP contribution >= 0.6 is 0 Å². The largest absolute Gasteiger partial charge is 0.508 e. The second-order valence-corrected chi connectivity index (χ2v) is 10.0. The Morgan fingerprint density at radius 2 is 1.34 bits per heavy atom. The number of phenolic OH excluding ortho intramolecular Hbond substituents is 1. The minimum atomic E-state index is -1.34. The molecule has 236 valence electrons. The molecule has 0 radical (unpaired) electrons. The number of aliphatic carboxylic acids is 1. The molecule has 0 bridgehead atoms. The molecular weight excluding hydrogens is 574 g/mol. The lowest BCUT2D eigenvalue weighted by Gasteiger charge is -2.25. The number of rotatable bonds is 17. The van der Waals surface area contributed by atoms with Crippen LogP contribution in [0.25, 0.3) is 0 Å². The number of carboxylic acid groups (broad SMARTS) is 1. The Kier molecular flexibility index (Phi) is 12.2. The number of aliphatic imine (C=N–C) groups is 1. The molecule has 1 aromatic carbocycles. The van der Waals surface area contributed by atoms with Gasteiger partial charge in [0.2, 0.25) is 17.7 Å². The van der Waals surface area contributed by atoms with E-state index in [-0.39, 0.29) is 43.9 Å². The Hall–Kier alpha value is -5.45. The summed E-state index contributed by atoms with van der Waals surface area (Å²) in [5.41, 5.74) is 18.2. The number of carbonyl (C=O) groups is 4. The molecule has 17 nitrogen and oxygen atoms in total. The monoisotopic (exact) mass is 611 g/mol. The molecule has 4 unspecified atom stereocenters. The van der Waals surface area contributed by atoms with Gasteiger partial charge < -0.3 is 53.3 Å². The highest BCUT2D eigenvalue weighted by molar-refractivity contribution is 5.94. The number of nitrogens with zero attached hydrogens (tertiary/aromatic N) is 3. The highest BCUT2D eigenvalue weighted by atomic mass is 16.4. The zero-order chi connectivity index (χ0) is 32.1. The van der Waals surface area contributed by atoms with Crippen molar-refractivity contribution in [3.8, 4) is 5.75 Å². The van der Waals surface area contributed by atoms with Crippen LogP contribution in [0.5, 0.6) is 5.75 Å². The van der Waals surface area contributed by atoms with E-state index in [0.717, 1.165) is 0 Å². The molecule has 17 heteroatoms. The molecule has 0 aliphatic heterocycles. The van der Waals surface area contributed by atoms with Gasteiger partial charge in [0, 0.05) is 49.6 Å². The van der Waals surface area contributed by atoms with E-state index in [1.807, 2.05) is 0 Å². The zero-order valence-corrected chi connectivity index (χ0v) is 23.8. The van der Waals surface area contributed by atoms with Crippen molar-refractivity contribution >= 4 is 29.7 Å². The number of hydrogen-bond donors (Lipinski definition) is 10. The lowest BCUT2D eigenvalue weighted by atomic mass is 10.0. The molecule has 44 heavy (non-hydrogen) atoms. The number of nitrogens with one attached hydrogen (secondary N) is 5.